The van der Waals surface area contributed by atoms with E-state index in [1.165, 1.54) is 0 Å². The van der Waals surface area contributed by atoms with Gasteiger partial charge in [-0.05, 0) is 127 Å². The molecule has 0 unspecified atom stereocenters. The first-order valence-corrected chi connectivity index (χ1v) is 14.4. The second kappa shape index (κ2) is 7.91. The molecule has 5 heteroatoms. The Hall–Kier alpha value is -0.200. The maximum atomic E-state index is 11.7. The Balaban J connectivity index is 1.42. The fraction of sp³-hybridized carbons (Fsp3) is 1.00. The number of aliphatic hydroxyl groups is 3. The van der Waals surface area contributed by atoms with Crippen LogP contribution in [0.4, 0.5) is 0 Å². The molecule has 5 rings (SSSR count). The highest BCUT2D eigenvalue weighted by molar-refractivity contribution is 5.17. The summed E-state index contributed by atoms with van der Waals surface area (Å²) >= 11 is 0. The zero-order chi connectivity index (χ0) is 25.8. The fourth-order valence-electron chi connectivity index (χ4n) is 9.93. The molecule has 5 nitrogen and oxygen atoms in total. The Morgan fingerprint density at radius 1 is 0.686 bits per heavy atom. The molecule has 0 radical (unpaired) electrons. The molecule has 3 aliphatic carbocycles. The molecule has 0 bridgehead atoms. The lowest BCUT2D eigenvalue weighted by atomic mass is 9.55. The van der Waals surface area contributed by atoms with Crippen molar-refractivity contribution in [2.75, 3.05) is 0 Å². The Bertz CT molecular complexity index is 833. The van der Waals surface area contributed by atoms with E-state index in [0.717, 1.165) is 51.4 Å². The molecule has 11 atom stereocenters. The lowest BCUT2D eigenvalue weighted by molar-refractivity contribution is -0.207. The van der Waals surface area contributed by atoms with Crippen LogP contribution in [-0.4, -0.2) is 56.0 Å². The predicted octanol–water partition coefficient (Wildman–Crippen LogP) is 5.23. The van der Waals surface area contributed by atoms with E-state index in [9.17, 15) is 15.3 Å². The quantitative estimate of drug-likeness (QED) is 0.470. The van der Waals surface area contributed by atoms with Crippen molar-refractivity contribution in [3.8, 4) is 0 Å². The fourth-order valence-corrected chi connectivity index (χ4v) is 9.93. The second-order valence-electron chi connectivity index (χ2n) is 15.3. The molecule has 0 aromatic heterocycles. The number of aliphatic hydroxyl groups excluding tert-OH is 1. The van der Waals surface area contributed by atoms with Gasteiger partial charge >= 0.3 is 0 Å². The van der Waals surface area contributed by atoms with Gasteiger partial charge in [0.2, 0.25) is 0 Å². The van der Waals surface area contributed by atoms with E-state index >= 15 is 0 Å². The number of hydrogen-bond donors (Lipinski definition) is 3. The molecule has 2 aliphatic heterocycles. The van der Waals surface area contributed by atoms with Crippen molar-refractivity contribution in [2.45, 2.75) is 154 Å². The number of ether oxygens (including phenoxy) is 2. The minimum Gasteiger partial charge on any atom is -0.390 e. The summed E-state index contributed by atoms with van der Waals surface area (Å²) in [7, 11) is 0. The van der Waals surface area contributed by atoms with Crippen LogP contribution in [0, 0.1) is 34.5 Å². The summed E-state index contributed by atoms with van der Waals surface area (Å²) in [6, 6.07) is 0. The molecular weight excluding hydrogens is 440 g/mol. The van der Waals surface area contributed by atoms with E-state index < -0.39 is 22.9 Å². The van der Waals surface area contributed by atoms with Crippen molar-refractivity contribution in [2.24, 2.45) is 34.5 Å². The Labute approximate surface area is 213 Å². The standard InChI is InChI=1S/C30H52O5/c1-25(2)18-11-15-28(6,32)19(18)17-24-30(8,35-24)20(25)9-10-21-27(5)14-12-22(31)26(3,4)34-23(27)13-16-29(21,7)33/h18-24,31-33H,9-17H2,1-8H3/t18-,19-,20-,21-,22-,23-,24+,27-,28-,29+,30-/m1/s1. The summed E-state index contributed by atoms with van der Waals surface area (Å²) in [4.78, 5) is 0. The van der Waals surface area contributed by atoms with E-state index in [1.54, 1.807) is 0 Å². The van der Waals surface area contributed by atoms with Gasteiger partial charge in [0.05, 0.1) is 40.7 Å². The number of fused-ring (bicyclic) bond motifs is 3. The van der Waals surface area contributed by atoms with Gasteiger partial charge in [-0.25, -0.2) is 0 Å². The summed E-state index contributed by atoms with van der Waals surface area (Å²) < 4.78 is 13.1. The molecule has 5 aliphatic rings. The highest BCUT2D eigenvalue weighted by Crippen LogP contribution is 2.66. The monoisotopic (exact) mass is 492 g/mol. The average Bonchev–Trinajstić information content (AvgIpc) is 3.30. The largest absolute Gasteiger partial charge is 0.390 e. The molecule has 0 aromatic rings. The van der Waals surface area contributed by atoms with Gasteiger partial charge in [-0.3, -0.25) is 0 Å². The summed E-state index contributed by atoms with van der Waals surface area (Å²) in [5, 5.41) is 33.7. The second-order valence-corrected chi connectivity index (χ2v) is 15.3. The lowest BCUT2D eigenvalue weighted by Crippen LogP contribution is -2.56. The zero-order valence-corrected chi connectivity index (χ0v) is 23.6. The minimum atomic E-state index is -0.743. The minimum absolute atomic E-state index is 0.0526. The number of hydrogen-bond acceptors (Lipinski definition) is 5. The SMILES string of the molecule is CC1(C)O[C@@H]2CC[C@](C)(O)[C@H](CC[C@@H]3C(C)(C)[C@@H]4CC[C@@](C)(O)[C@@H]4C[C@@H]4O[C@@]43C)[C@@]2(C)CC[C@H]1O. The molecular formula is C30H52O5. The normalized spacial score (nSPS) is 56.8. The van der Waals surface area contributed by atoms with Gasteiger partial charge in [0.15, 0.2) is 0 Å². The van der Waals surface area contributed by atoms with Crippen molar-refractivity contribution in [1.82, 2.24) is 0 Å². The van der Waals surface area contributed by atoms with Crippen LogP contribution in [0.15, 0.2) is 0 Å². The number of epoxide rings is 1. The van der Waals surface area contributed by atoms with E-state index in [0.29, 0.717) is 24.2 Å². The maximum Gasteiger partial charge on any atom is 0.0953 e. The third-order valence-electron chi connectivity index (χ3n) is 12.4. The smallest absolute Gasteiger partial charge is 0.0953 e. The Morgan fingerprint density at radius 2 is 1.31 bits per heavy atom. The Morgan fingerprint density at radius 3 is 2.00 bits per heavy atom. The zero-order valence-electron chi connectivity index (χ0n) is 23.6. The van der Waals surface area contributed by atoms with Gasteiger partial charge in [0, 0.05) is 0 Å². The summed E-state index contributed by atoms with van der Waals surface area (Å²) in [5.41, 5.74) is -2.14. The molecule has 0 spiro atoms. The van der Waals surface area contributed by atoms with Crippen LogP contribution in [0.3, 0.4) is 0 Å². The topological polar surface area (TPSA) is 82.5 Å². The molecule has 3 saturated carbocycles. The van der Waals surface area contributed by atoms with Crippen molar-refractivity contribution >= 4 is 0 Å². The van der Waals surface area contributed by atoms with Crippen LogP contribution in [0.1, 0.15) is 113 Å². The van der Waals surface area contributed by atoms with Gasteiger partial charge in [-0.1, -0.05) is 20.8 Å². The van der Waals surface area contributed by atoms with E-state index in [1.807, 2.05) is 27.7 Å². The van der Waals surface area contributed by atoms with Crippen molar-refractivity contribution in [3.63, 3.8) is 0 Å². The first kappa shape index (κ1) is 26.4. The Kier molecular flexibility index (Phi) is 5.97. The van der Waals surface area contributed by atoms with Crippen LogP contribution >= 0.6 is 0 Å². The molecule has 202 valence electrons. The van der Waals surface area contributed by atoms with Gasteiger partial charge in [0.1, 0.15) is 0 Å². The highest BCUT2D eigenvalue weighted by atomic mass is 16.6. The molecule has 2 saturated heterocycles. The van der Waals surface area contributed by atoms with Crippen LogP contribution in [-0.2, 0) is 9.47 Å². The van der Waals surface area contributed by atoms with Crippen molar-refractivity contribution in [1.29, 1.82) is 0 Å². The predicted molar refractivity (Wildman–Crippen MR) is 137 cm³/mol. The molecule has 2 heterocycles. The third-order valence-corrected chi connectivity index (χ3v) is 12.4. The highest BCUT2D eigenvalue weighted by Gasteiger charge is 2.68. The van der Waals surface area contributed by atoms with Crippen LogP contribution < -0.4 is 0 Å². The molecule has 35 heavy (non-hydrogen) atoms. The van der Waals surface area contributed by atoms with Gasteiger partial charge in [-0.2, -0.15) is 0 Å². The third kappa shape index (κ3) is 3.97. The summed E-state index contributed by atoms with van der Waals surface area (Å²) in [6.45, 7) is 17.5. The van der Waals surface area contributed by atoms with Gasteiger partial charge < -0.3 is 24.8 Å². The van der Waals surface area contributed by atoms with E-state index in [-0.39, 0.29) is 34.6 Å². The lowest BCUT2D eigenvalue weighted by Gasteiger charge is -2.55. The van der Waals surface area contributed by atoms with Gasteiger partial charge in [-0.15, -0.1) is 0 Å². The molecule has 0 amide bonds. The average molecular weight is 493 g/mol. The van der Waals surface area contributed by atoms with Gasteiger partial charge in [0.25, 0.3) is 0 Å². The first-order chi connectivity index (χ1) is 16.0. The summed E-state index contributed by atoms with van der Waals surface area (Å²) in [6.07, 6.45) is 7.86. The van der Waals surface area contributed by atoms with Crippen LogP contribution in [0.5, 0.6) is 0 Å². The van der Waals surface area contributed by atoms with E-state index in [4.69, 9.17) is 9.47 Å². The van der Waals surface area contributed by atoms with Crippen molar-refractivity contribution in [3.05, 3.63) is 0 Å². The van der Waals surface area contributed by atoms with Crippen molar-refractivity contribution < 1.29 is 24.8 Å². The molecule has 0 aromatic carbocycles. The summed E-state index contributed by atoms with van der Waals surface area (Å²) in [5.74, 6) is 1.30. The molecule has 3 N–H and O–H groups in total. The molecule has 5 fully saturated rings. The van der Waals surface area contributed by atoms with E-state index in [2.05, 4.69) is 27.7 Å². The maximum absolute atomic E-state index is 11.7. The van der Waals surface area contributed by atoms with Crippen LogP contribution in [0.25, 0.3) is 0 Å². The number of rotatable bonds is 3. The first-order valence-electron chi connectivity index (χ1n) is 14.4. The van der Waals surface area contributed by atoms with Crippen LogP contribution in [0.2, 0.25) is 0 Å².